The number of amides is 2. The van der Waals surface area contributed by atoms with Crippen LogP contribution in [0.3, 0.4) is 0 Å². The van der Waals surface area contributed by atoms with Gasteiger partial charge in [-0.2, -0.15) is 15.4 Å². The van der Waals surface area contributed by atoms with Crippen LogP contribution < -0.4 is 0 Å². The number of hydrogen-bond acceptors (Lipinski definition) is 5. The molecule has 1 aromatic rings. The molecule has 0 bridgehead atoms. The molecule has 0 aromatic carbocycles. The maximum atomic E-state index is 12.5. The molecule has 1 saturated carbocycles. The highest BCUT2D eigenvalue weighted by Crippen LogP contribution is 2.21. The highest BCUT2D eigenvalue weighted by Gasteiger charge is 2.27. The summed E-state index contributed by atoms with van der Waals surface area (Å²) in [6.45, 7) is 3.11. The predicted octanol–water partition coefficient (Wildman–Crippen LogP) is 0.354. The molecule has 2 amide bonds. The lowest BCUT2D eigenvalue weighted by atomic mass is 9.94. The number of nitrogens with one attached hydrogen (secondary N) is 1. The van der Waals surface area contributed by atoms with Crippen molar-refractivity contribution < 1.29 is 9.59 Å². The van der Waals surface area contributed by atoms with Gasteiger partial charge < -0.3 is 9.80 Å². The lowest BCUT2D eigenvalue weighted by Gasteiger charge is -2.36. The molecule has 1 aliphatic carbocycles. The molecular weight excluding hydrogens is 308 g/mol. The Balaban J connectivity index is 1.44. The maximum Gasteiger partial charge on any atom is 0.276 e. The summed E-state index contributed by atoms with van der Waals surface area (Å²) in [5.74, 6) is 0.0900. The first-order valence-electron chi connectivity index (χ1n) is 8.78. The zero-order valence-corrected chi connectivity index (χ0v) is 14.3. The van der Waals surface area contributed by atoms with E-state index in [0.29, 0.717) is 44.5 Å². The van der Waals surface area contributed by atoms with Crippen molar-refractivity contribution in [2.45, 2.75) is 38.1 Å². The number of nitrogens with zero attached hydrogens (tertiary/aromatic N) is 5. The van der Waals surface area contributed by atoms with Crippen molar-refractivity contribution >= 4 is 11.8 Å². The van der Waals surface area contributed by atoms with Crippen LogP contribution in [0.2, 0.25) is 0 Å². The molecule has 1 N–H and O–H groups in total. The molecule has 0 radical (unpaired) electrons. The van der Waals surface area contributed by atoms with E-state index < -0.39 is 0 Å². The molecule has 132 valence electrons. The van der Waals surface area contributed by atoms with Crippen molar-refractivity contribution in [3.63, 3.8) is 0 Å². The standard InChI is InChI=1S/C16H26N6O2/c1-20(13-5-3-2-4-6-13)15(23)12-21-7-9-22(10-8-21)16(24)14-11-17-19-18-14/h11,13H,2-10,12H2,1H3,(H,17,18,19). The summed E-state index contributed by atoms with van der Waals surface area (Å²) in [6.07, 6.45) is 7.44. The Morgan fingerprint density at radius 2 is 1.92 bits per heavy atom. The molecule has 3 rings (SSSR count). The largest absolute Gasteiger partial charge is 0.342 e. The summed E-state index contributed by atoms with van der Waals surface area (Å²) in [5, 5.41) is 9.96. The molecule has 1 aromatic heterocycles. The second-order valence-corrected chi connectivity index (χ2v) is 6.72. The van der Waals surface area contributed by atoms with E-state index in [9.17, 15) is 9.59 Å². The van der Waals surface area contributed by atoms with E-state index in [2.05, 4.69) is 20.3 Å². The van der Waals surface area contributed by atoms with Gasteiger partial charge >= 0.3 is 0 Å². The van der Waals surface area contributed by atoms with E-state index in [1.165, 1.54) is 25.5 Å². The highest BCUT2D eigenvalue weighted by atomic mass is 16.2. The van der Waals surface area contributed by atoms with E-state index in [1.807, 2.05) is 11.9 Å². The van der Waals surface area contributed by atoms with Gasteiger partial charge in [-0.3, -0.25) is 14.5 Å². The van der Waals surface area contributed by atoms with Crippen LogP contribution in [0.25, 0.3) is 0 Å². The normalized spacial score (nSPS) is 20.1. The third-order valence-electron chi connectivity index (χ3n) is 5.17. The molecule has 8 nitrogen and oxygen atoms in total. The van der Waals surface area contributed by atoms with Crippen LogP contribution in [0.5, 0.6) is 0 Å². The molecule has 0 unspecified atom stereocenters. The Bertz CT molecular complexity index is 547. The number of H-pyrrole nitrogens is 1. The quantitative estimate of drug-likeness (QED) is 0.859. The first kappa shape index (κ1) is 16.9. The number of likely N-dealkylation sites (N-methyl/N-ethyl adjacent to an activating group) is 1. The Morgan fingerprint density at radius 1 is 1.21 bits per heavy atom. The predicted molar refractivity (Wildman–Crippen MR) is 88.4 cm³/mol. The van der Waals surface area contributed by atoms with Gasteiger partial charge in [0.05, 0.1) is 12.7 Å². The lowest BCUT2D eigenvalue weighted by molar-refractivity contribution is -0.134. The fourth-order valence-corrected chi connectivity index (χ4v) is 3.55. The monoisotopic (exact) mass is 334 g/mol. The van der Waals surface area contributed by atoms with Crippen molar-refractivity contribution in [1.82, 2.24) is 30.1 Å². The summed E-state index contributed by atoms with van der Waals surface area (Å²) < 4.78 is 0. The van der Waals surface area contributed by atoms with Crippen LogP contribution in [0.4, 0.5) is 0 Å². The highest BCUT2D eigenvalue weighted by molar-refractivity contribution is 5.92. The van der Waals surface area contributed by atoms with Crippen molar-refractivity contribution in [2.24, 2.45) is 0 Å². The van der Waals surface area contributed by atoms with Gasteiger partial charge in [0.15, 0.2) is 5.69 Å². The van der Waals surface area contributed by atoms with Crippen LogP contribution >= 0.6 is 0 Å². The first-order valence-corrected chi connectivity index (χ1v) is 8.78. The minimum atomic E-state index is -0.103. The zero-order valence-electron chi connectivity index (χ0n) is 14.3. The molecule has 2 fully saturated rings. The second-order valence-electron chi connectivity index (χ2n) is 6.72. The summed E-state index contributed by atoms with van der Waals surface area (Å²) in [4.78, 5) is 30.5. The molecule has 1 saturated heterocycles. The van der Waals surface area contributed by atoms with Gasteiger partial charge in [0.25, 0.3) is 5.91 Å². The minimum absolute atomic E-state index is 0.103. The van der Waals surface area contributed by atoms with Gasteiger partial charge in [0.1, 0.15) is 0 Å². The Morgan fingerprint density at radius 3 is 2.54 bits per heavy atom. The number of aromatic nitrogens is 3. The molecule has 0 atom stereocenters. The molecule has 1 aliphatic heterocycles. The van der Waals surface area contributed by atoms with Gasteiger partial charge in [0, 0.05) is 39.3 Å². The minimum Gasteiger partial charge on any atom is -0.342 e. The Kier molecular flexibility index (Phi) is 5.44. The topological polar surface area (TPSA) is 85.4 Å². The van der Waals surface area contributed by atoms with E-state index in [-0.39, 0.29) is 11.8 Å². The van der Waals surface area contributed by atoms with E-state index in [1.54, 1.807) is 4.90 Å². The Labute approximate surface area is 142 Å². The zero-order chi connectivity index (χ0) is 16.9. The smallest absolute Gasteiger partial charge is 0.276 e. The van der Waals surface area contributed by atoms with Gasteiger partial charge in [-0.15, -0.1) is 0 Å². The fraction of sp³-hybridized carbons (Fsp3) is 0.750. The number of carbonyl (C=O) groups is 2. The summed E-state index contributed by atoms with van der Waals surface area (Å²) in [5.41, 5.74) is 0.344. The van der Waals surface area contributed by atoms with Crippen LogP contribution in [0.15, 0.2) is 6.20 Å². The van der Waals surface area contributed by atoms with Gasteiger partial charge in [-0.25, -0.2) is 0 Å². The average molecular weight is 334 g/mol. The third-order valence-corrected chi connectivity index (χ3v) is 5.17. The van der Waals surface area contributed by atoms with Crippen LogP contribution in [-0.4, -0.2) is 87.7 Å². The summed E-state index contributed by atoms with van der Waals surface area (Å²) in [6, 6.07) is 0.404. The SMILES string of the molecule is CN(C(=O)CN1CCN(C(=O)c2cn[nH]n2)CC1)C1CCCCC1. The van der Waals surface area contributed by atoms with Gasteiger partial charge in [-0.1, -0.05) is 19.3 Å². The average Bonchev–Trinajstić information content (AvgIpc) is 3.16. The first-order chi connectivity index (χ1) is 11.6. The lowest BCUT2D eigenvalue weighted by Crippen LogP contribution is -2.52. The van der Waals surface area contributed by atoms with Crippen molar-refractivity contribution in [3.05, 3.63) is 11.9 Å². The molecule has 2 aliphatic rings. The van der Waals surface area contributed by atoms with Crippen molar-refractivity contribution in [2.75, 3.05) is 39.8 Å². The van der Waals surface area contributed by atoms with E-state index in [4.69, 9.17) is 0 Å². The summed E-state index contributed by atoms with van der Waals surface area (Å²) >= 11 is 0. The second kappa shape index (κ2) is 7.74. The number of hydrogen-bond donors (Lipinski definition) is 1. The van der Waals surface area contributed by atoms with Crippen molar-refractivity contribution in [1.29, 1.82) is 0 Å². The maximum absolute atomic E-state index is 12.5. The molecule has 2 heterocycles. The van der Waals surface area contributed by atoms with Gasteiger partial charge in [0.2, 0.25) is 5.91 Å². The van der Waals surface area contributed by atoms with E-state index in [0.717, 1.165) is 12.8 Å². The number of rotatable bonds is 4. The third kappa shape index (κ3) is 3.92. The summed E-state index contributed by atoms with van der Waals surface area (Å²) in [7, 11) is 1.93. The fourth-order valence-electron chi connectivity index (χ4n) is 3.55. The van der Waals surface area contributed by atoms with Crippen LogP contribution in [0, 0.1) is 0 Å². The van der Waals surface area contributed by atoms with Crippen molar-refractivity contribution in [3.8, 4) is 0 Å². The molecule has 8 heteroatoms. The van der Waals surface area contributed by atoms with Gasteiger partial charge in [-0.05, 0) is 12.8 Å². The number of aromatic amines is 1. The van der Waals surface area contributed by atoms with E-state index >= 15 is 0 Å². The molecule has 24 heavy (non-hydrogen) atoms. The number of carbonyl (C=O) groups excluding carboxylic acids is 2. The Hall–Kier alpha value is -1.96. The number of piperazine rings is 1. The molecular formula is C16H26N6O2. The molecule has 0 spiro atoms. The van der Waals surface area contributed by atoms with Crippen LogP contribution in [0.1, 0.15) is 42.6 Å². The van der Waals surface area contributed by atoms with Crippen LogP contribution in [-0.2, 0) is 4.79 Å².